The van der Waals surface area contributed by atoms with Gasteiger partial charge >= 0.3 is 0 Å². The van der Waals surface area contributed by atoms with Gasteiger partial charge in [0.25, 0.3) is 5.91 Å². The summed E-state index contributed by atoms with van der Waals surface area (Å²) in [7, 11) is 0. The van der Waals surface area contributed by atoms with Gasteiger partial charge in [0, 0.05) is 36.2 Å². The normalized spacial score (nSPS) is 22.5. The van der Waals surface area contributed by atoms with Crippen LogP contribution in [0.4, 0.5) is 0 Å². The third kappa shape index (κ3) is 2.64. The fourth-order valence-electron chi connectivity index (χ4n) is 4.21. The summed E-state index contributed by atoms with van der Waals surface area (Å²) in [5.41, 5.74) is 4.24. The minimum Gasteiger partial charge on any atom is -0.348 e. The number of aromatic amines is 1. The van der Waals surface area contributed by atoms with E-state index >= 15 is 0 Å². The Hall–Kier alpha value is -3.29. The Morgan fingerprint density at radius 2 is 2.19 bits per heavy atom. The van der Waals surface area contributed by atoms with Crippen LogP contribution in [0, 0.1) is 5.92 Å². The molecule has 1 amide bonds. The molecule has 0 unspecified atom stereocenters. The zero-order valence-corrected chi connectivity index (χ0v) is 14.8. The lowest BCUT2D eigenvalue weighted by atomic mass is 9.95. The molecular formula is C19H19N7O. The summed E-state index contributed by atoms with van der Waals surface area (Å²) in [6, 6.07) is 5.52. The predicted octanol–water partition coefficient (Wildman–Crippen LogP) is 2.31. The number of carbonyl (C=O) groups is 1. The quantitative estimate of drug-likeness (QED) is 0.583. The summed E-state index contributed by atoms with van der Waals surface area (Å²) in [4.78, 5) is 24.5. The van der Waals surface area contributed by atoms with Crippen molar-refractivity contribution in [2.45, 2.75) is 31.7 Å². The first-order valence-electron chi connectivity index (χ1n) is 9.08. The summed E-state index contributed by atoms with van der Waals surface area (Å²) >= 11 is 0. The monoisotopic (exact) mass is 361 g/mol. The highest BCUT2D eigenvalue weighted by molar-refractivity contribution is 5.92. The third-order valence-corrected chi connectivity index (χ3v) is 5.47. The zero-order chi connectivity index (χ0) is 18.4. The second kappa shape index (κ2) is 6.15. The fraction of sp³-hybridized carbons (Fsp3) is 0.316. The molecule has 4 heterocycles. The molecule has 0 aromatic carbocycles. The number of hydrogen-bond acceptors (Lipinski definition) is 5. The average Bonchev–Trinajstić information content (AvgIpc) is 3.39. The maximum Gasteiger partial charge on any atom is 0.272 e. The predicted molar refractivity (Wildman–Crippen MR) is 99.3 cm³/mol. The molecule has 1 aliphatic carbocycles. The van der Waals surface area contributed by atoms with Crippen LogP contribution >= 0.6 is 0 Å². The maximum atomic E-state index is 12.4. The van der Waals surface area contributed by atoms with Gasteiger partial charge in [-0.05, 0) is 37.0 Å². The van der Waals surface area contributed by atoms with Gasteiger partial charge < -0.3 is 10.3 Å². The first-order chi connectivity index (χ1) is 13.2. The van der Waals surface area contributed by atoms with E-state index in [0.717, 1.165) is 29.7 Å². The van der Waals surface area contributed by atoms with Crippen LogP contribution in [0.15, 0.2) is 43.0 Å². The van der Waals surface area contributed by atoms with Crippen LogP contribution in [0.3, 0.4) is 0 Å². The Kier molecular flexibility index (Phi) is 3.63. The topological polar surface area (TPSA) is 101 Å². The minimum absolute atomic E-state index is 0.105. The lowest BCUT2D eigenvalue weighted by Gasteiger charge is -2.15. The summed E-state index contributed by atoms with van der Waals surface area (Å²) < 4.78 is 2.17. The van der Waals surface area contributed by atoms with E-state index in [0.29, 0.717) is 17.5 Å². The second-order valence-corrected chi connectivity index (χ2v) is 7.18. The standard InChI is InChI=1S/C19H19N7O/c1-11-7-12(24-19(27)14-3-2-5-23-25-14)8-13(11)16-9-21-17-10-22-18-15(26(16)17)4-6-20-18/h2-6,9-13,20H,7-8H2,1H3,(H,24,27)/t11-,12-,13-/m0/s1. The summed E-state index contributed by atoms with van der Waals surface area (Å²) in [5, 5.41) is 10.8. The van der Waals surface area contributed by atoms with Gasteiger partial charge in [-0.25, -0.2) is 9.97 Å². The maximum absolute atomic E-state index is 12.4. The molecule has 8 nitrogen and oxygen atoms in total. The Bertz CT molecular complexity index is 1120. The van der Waals surface area contributed by atoms with E-state index in [-0.39, 0.29) is 11.9 Å². The van der Waals surface area contributed by atoms with Crippen LogP contribution in [0.5, 0.6) is 0 Å². The van der Waals surface area contributed by atoms with Crippen molar-refractivity contribution in [3.8, 4) is 0 Å². The van der Waals surface area contributed by atoms with Gasteiger partial charge in [-0.2, -0.15) is 5.10 Å². The third-order valence-electron chi connectivity index (χ3n) is 5.47. The molecule has 8 heteroatoms. The molecule has 3 atom stereocenters. The highest BCUT2D eigenvalue weighted by Gasteiger charge is 2.35. The van der Waals surface area contributed by atoms with Crippen LogP contribution in [-0.2, 0) is 0 Å². The van der Waals surface area contributed by atoms with Gasteiger partial charge in [0.1, 0.15) is 0 Å². The molecule has 0 aliphatic heterocycles. The van der Waals surface area contributed by atoms with Gasteiger partial charge in [0.05, 0.1) is 11.7 Å². The molecule has 0 radical (unpaired) electrons. The van der Waals surface area contributed by atoms with E-state index in [4.69, 9.17) is 0 Å². The van der Waals surface area contributed by atoms with E-state index < -0.39 is 0 Å². The largest absolute Gasteiger partial charge is 0.348 e. The lowest BCUT2D eigenvalue weighted by Crippen LogP contribution is -2.33. The number of H-pyrrole nitrogens is 1. The van der Waals surface area contributed by atoms with E-state index in [1.54, 1.807) is 24.5 Å². The Labute approximate surface area is 155 Å². The highest BCUT2D eigenvalue weighted by Crippen LogP contribution is 2.40. The number of aromatic nitrogens is 6. The molecular weight excluding hydrogens is 342 g/mol. The van der Waals surface area contributed by atoms with E-state index in [1.165, 1.54) is 5.69 Å². The zero-order valence-electron chi connectivity index (χ0n) is 14.8. The molecule has 0 spiro atoms. The van der Waals surface area contributed by atoms with Crippen molar-refractivity contribution in [1.82, 2.24) is 34.9 Å². The molecule has 1 fully saturated rings. The molecule has 5 rings (SSSR count). The number of nitrogens with zero attached hydrogens (tertiary/aromatic N) is 5. The van der Waals surface area contributed by atoms with Crippen molar-refractivity contribution in [3.05, 3.63) is 54.4 Å². The lowest BCUT2D eigenvalue weighted by molar-refractivity contribution is 0.0931. The fourth-order valence-corrected chi connectivity index (χ4v) is 4.21. The summed E-state index contributed by atoms with van der Waals surface area (Å²) in [6.07, 6.45) is 8.97. The molecule has 1 aliphatic rings. The molecule has 0 saturated heterocycles. The number of fused-ring (bicyclic) bond motifs is 3. The van der Waals surface area contributed by atoms with Crippen LogP contribution in [0.1, 0.15) is 41.9 Å². The van der Waals surface area contributed by atoms with Gasteiger partial charge in [0.2, 0.25) is 0 Å². The van der Waals surface area contributed by atoms with Gasteiger partial charge in [-0.15, -0.1) is 5.10 Å². The van der Waals surface area contributed by atoms with Crippen molar-refractivity contribution in [3.63, 3.8) is 0 Å². The van der Waals surface area contributed by atoms with E-state index in [9.17, 15) is 4.79 Å². The van der Waals surface area contributed by atoms with Crippen LogP contribution in [0.2, 0.25) is 0 Å². The highest BCUT2D eigenvalue weighted by atomic mass is 16.2. The number of rotatable bonds is 3. The first-order valence-corrected chi connectivity index (χ1v) is 9.08. The van der Waals surface area contributed by atoms with Crippen LogP contribution < -0.4 is 5.32 Å². The Morgan fingerprint density at radius 1 is 1.26 bits per heavy atom. The second-order valence-electron chi connectivity index (χ2n) is 7.18. The number of carbonyl (C=O) groups excluding carboxylic acids is 1. The summed E-state index contributed by atoms with van der Waals surface area (Å²) in [6.45, 7) is 2.23. The van der Waals surface area contributed by atoms with Crippen molar-refractivity contribution in [2.24, 2.45) is 5.92 Å². The molecule has 4 aromatic rings. The number of imidazole rings is 1. The number of amides is 1. The van der Waals surface area contributed by atoms with E-state index in [2.05, 4.69) is 41.8 Å². The van der Waals surface area contributed by atoms with Crippen LogP contribution in [0.25, 0.3) is 16.8 Å². The van der Waals surface area contributed by atoms with Gasteiger partial charge in [-0.3, -0.25) is 9.20 Å². The summed E-state index contributed by atoms with van der Waals surface area (Å²) in [5.74, 6) is 0.572. The van der Waals surface area contributed by atoms with Crippen molar-refractivity contribution in [1.29, 1.82) is 0 Å². The number of hydrogen-bond donors (Lipinski definition) is 2. The smallest absolute Gasteiger partial charge is 0.272 e. The number of nitrogens with one attached hydrogen (secondary N) is 2. The van der Waals surface area contributed by atoms with Gasteiger partial charge in [-0.1, -0.05) is 6.92 Å². The molecule has 4 aromatic heterocycles. The first kappa shape index (κ1) is 15.9. The molecule has 136 valence electrons. The van der Waals surface area contributed by atoms with Gasteiger partial charge in [0.15, 0.2) is 17.0 Å². The van der Waals surface area contributed by atoms with Crippen molar-refractivity contribution >= 4 is 22.7 Å². The minimum atomic E-state index is -0.170. The molecule has 27 heavy (non-hydrogen) atoms. The van der Waals surface area contributed by atoms with Crippen molar-refractivity contribution < 1.29 is 4.79 Å². The molecule has 0 bridgehead atoms. The average molecular weight is 361 g/mol. The SMILES string of the molecule is C[C@H]1C[C@H](NC(=O)c2cccnn2)C[C@@H]1c1cnc2cnc3[nH]ccc3n12. The Morgan fingerprint density at radius 3 is 3.04 bits per heavy atom. The van der Waals surface area contributed by atoms with Crippen molar-refractivity contribution in [2.75, 3.05) is 0 Å². The van der Waals surface area contributed by atoms with Crippen LogP contribution in [-0.4, -0.2) is 41.5 Å². The molecule has 2 N–H and O–H groups in total. The Balaban J connectivity index is 1.43. The molecule has 1 saturated carbocycles. The van der Waals surface area contributed by atoms with E-state index in [1.807, 2.05) is 18.5 Å².